The molecule has 1 aromatic heterocycles. The first-order valence-electron chi connectivity index (χ1n) is 9.57. The molecule has 2 aromatic carbocycles. The molecule has 142 valence electrons. The molecule has 1 amide bonds. The Hall–Kier alpha value is -3.10. The number of nitriles is 1. The Kier molecular flexibility index (Phi) is 5.41. The van der Waals surface area contributed by atoms with Crippen LogP contribution < -0.4 is 0 Å². The van der Waals surface area contributed by atoms with Crippen LogP contribution in [0.25, 0.3) is 11.0 Å². The van der Waals surface area contributed by atoms with Gasteiger partial charge in [-0.25, -0.2) is 0 Å². The predicted octanol–water partition coefficient (Wildman–Crippen LogP) is 4.37. The Morgan fingerprint density at radius 3 is 2.61 bits per heavy atom. The normalized spacial score (nSPS) is 14.9. The third-order valence-corrected chi connectivity index (χ3v) is 5.24. The average Bonchev–Trinajstić information content (AvgIpc) is 3.18. The fourth-order valence-corrected chi connectivity index (χ4v) is 3.56. The van der Waals surface area contributed by atoms with E-state index in [0.29, 0.717) is 30.5 Å². The number of hydrogen-bond donors (Lipinski definition) is 0. The number of ether oxygens (including phenoxy) is 1. The molecule has 0 N–H and O–H groups in total. The fraction of sp³-hybridized carbons (Fsp3) is 0.304. The Balaban J connectivity index is 1.24. The molecule has 2 heterocycles. The minimum atomic E-state index is -0.0341. The van der Waals surface area contributed by atoms with Crippen molar-refractivity contribution < 1.29 is 13.9 Å². The summed E-state index contributed by atoms with van der Waals surface area (Å²) in [6.45, 7) is 2.68. The van der Waals surface area contributed by atoms with Crippen LogP contribution in [0.1, 0.15) is 34.5 Å². The molecule has 1 saturated heterocycles. The van der Waals surface area contributed by atoms with Crippen LogP contribution in [0, 0.1) is 17.2 Å². The average molecular weight is 374 g/mol. The van der Waals surface area contributed by atoms with Crippen molar-refractivity contribution in [3.8, 4) is 6.07 Å². The SMILES string of the molecule is N#Cc1ccc(COCC2CCN(C(=O)c3cc4ccccc4o3)CC2)cc1. The van der Waals surface area contributed by atoms with Crippen LogP contribution in [0.15, 0.2) is 59.0 Å². The number of piperidine rings is 1. The summed E-state index contributed by atoms with van der Waals surface area (Å²) in [5, 5.41) is 9.79. The minimum Gasteiger partial charge on any atom is -0.451 e. The third kappa shape index (κ3) is 4.08. The van der Waals surface area contributed by atoms with Crippen molar-refractivity contribution in [2.75, 3.05) is 19.7 Å². The molecule has 1 fully saturated rings. The molecule has 0 atom stereocenters. The molecule has 0 aliphatic carbocycles. The van der Waals surface area contributed by atoms with Crippen molar-refractivity contribution in [2.45, 2.75) is 19.4 Å². The number of carbonyl (C=O) groups excluding carboxylic acids is 1. The van der Waals surface area contributed by atoms with E-state index in [0.717, 1.165) is 42.5 Å². The van der Waals surface area contributed by atoms with Crippen molar-refractivity contribution in [1.82, 2.24) is 4.90 Å². The molecule has 5 nitrogen and oxygen atoms in total. The molecule has 5 heteroatoms. The first kappa shape index (κ1) is 18.3. The van der Waals surface area contributed by atoms with Crippen molar-refractivity contribution >= 4 is 16.9 Å². The first-order valence-corrected chi connectivity index (χ1v) is 9.57. The molecule has 0 spiro atoms. The lowest BCUT2D eigenvalue weighted by Gasteiger charge is -2.31. The maximum Gasteiger partial charge on any atom is 0.289 e. The van der Waals surface area contributed by atoms with Gasteiger partial charge < -0.3 is 14.1 Å². The second kappa shape index (κ2) is 8.28. The van der Waals surface area contributed by atoms with E-state index in [9.17, 15) is 4.79 Å². The van der Waals surface area contributed by atoms with Gasteiger partial charge >= 0.3 is 0 Å². The Labute approximate surface area is 164 Å². The number of fused-ring (bicyclic) bond motifs is 1. The zero-order valence-electron chi connectivity index (χ0n) is 15.6. The van der Waals surface area contributed by atoms with Crippen LogP contribution in [-0.2, 0) is 11.3 Å². The quantitative estimate of drug-likeness (QED) is 0.665. The topological polar surface area (TPSA) is 66.5 Å². The number of nitrogens with zero attached hydrogens (tertiary/aromatic N) is 2. The maximum absolute atomic E-state index is 12.7. The smallest absolute Gasteiger partial charge is 0.289 e. The van der Waals surface area contributed by atoms with E-state index < -0.39 is 0 Å². The molecule has 3 aromatic rings. The number of rotatable bonds is 5. The summed E-state index contributed by atoms with van der Waals surface area (Å²) in [7, 11) is 0. The molecule has 0 bridgehead atoms. The Morgan fingerprint density at radius 1 is 1.14 bits per heavy atom. The van der Waals surface area contributed by atoms with Gasteiger partial charge in [-0.2, -0.15) is 5.26 Å². The molecule has 1 aliphatic heterocycles. The van der Waals surface area contributed by atoms with Gasteiger partial charge in [0, 0.05) is 25.1 Å². The Morgan fingerprint density at radius 2 is 1.89 bits per heavy atom. The molecule has 1 aliphatic rings. The van der Waals surface area contributed by atoms with Gasteiger partial charge in [-0.05, 0) is 48.6 Å². The third-order valence-electron chi connectivity index (χ3n) is 5.24. The van der Waals surface area contributed by atoms with Gasteiger partial charge in [0.05, 0.1) is 18.2 Å². The summed E-state index contributed by atoms with van der Waals surface area (Å²) in [5.41, 5.74) is 2.47. The number of furan rings is 1. The van der Waals surface area contributed by atoms with Gasteiger partial charge in [0.15, 0.2) is 5.76 Å². The van der Waals surface area contributed by atoms with E-state index in [1.165, 1.54) is 0 Å². The van der Waals surface area contributed by atoms with Crippen LogP contribution in [0.4, 0.5) is 0 Å². The van der Waals surface area contributed by atoms with Gasteiger partial charge in [0.25, 0.3) is 5.91 Å². The van der Waals surface area contributed by atoms with Gasteiger partial charge in [0.1, 0.15) is 5.58 Å². The molecule has 0 radical (unpaired) electrons. The summed E-state index contributed by atoms with van der Waals surface area (Å²) in [4.78, 5) is 14.6. The molecular weight excluding hydrogens is 352 g/mol. The molecule has 0 saturated carbocycles. The van der Waals surface area contributed by atoms with E-state index in [1.54, 1.807) is 12.1 Å². The molecule has 0 unspecified atom stereocenters. The zero-order chi connectivity index (χ0) is 19.3. The van der Waals surface area contributed by atoms with Crippen molar-refractivity contribution in [3.05, 3.63) is 71.5 Å². The van der Waals surface area contributed by atoms with E-state index in [-0.39, 0.29) is 5.91 Å². The summed E-state index contributed by atoms with van der Waals surface area (Å²) in [5.74, 6) is 0.836. The number of benzene rings is 2. The van der Waals surface area contributed by atoms with Crippen LogP contribution in [0.3, 0.4) is 0 Å². The monoisotopic (exact) mass is 374 g/mol. The molecular formula is C23H22N2O3. The van der Waals surface area contributed by atoms with E-state index >= 15 is 0 Å². The maximum atomic E-state index is 12.7. The van der Waals surface area contributed by atoms with E-state index in [2.05, 4.69) is 6.07 Å². The van der Waals surface area contributed by atoms with Crippen molar-refractivity contribution in [3.63, 3.8) is 0 Å². The fourth-order valence-electron chi connectivity index (χ4n) is 3.56. The summed E-state index contributed by atoms with van der Waals surface area (Å²) in [6, 6.07) is 19.1. The van der Waals surface area contributed by atoms with E-state index in [4.69, 9.17) is 14.4 Å². The van der Waals surface area contributed by atoms with Crippen LogP contribution >= 0.6 is 0 Å². The number of carbonyl (C=O) groups is 1. The van der Waals surface area contributed by atoms with Crippen molar-refractivity contribution in [1.29, 1.82) is 5.26 Å². The number of likely N-dealkylation sites (tertiary alicyclic amines) is 1. The van der Waals surface area contributed by atoms with Gasteiger partial charge in [-0.1, -0.05) is 30.3 Å². The first-order chi connectivity index (χ1) is 13.7. The highest BCUT2D eigenvalue weighted by atomic mass is 16.5. The lowest BCUT2D eigenvalue weighted by atomic mass is 9.97. The summed E-state index contributed by atoms with van der Waals surface area (Å²) in [6.07, 6.45) is 1.86. The minimum absolute atomic E-state index is 0.0341. The largest absolute Gasteiger partial charge is 0.451 e. The van der Waals surface area contributed by atoms with Gasteiger partial charge in [0.2, 0.25) is 0 Å². The van der Waals surface area contributed by atoms with Crippen LogP contribution in [0.5, 0.6) is 0 Å². The highest BCUT2D eigenvalue weighted by Gasteiger charge is 2.25. The lowest BCUT2D eigenvalue weighted by molar-refractivity contribution is 0.0462. The second-order valence-electron chi connectivity index (χ2n) is 7.21. The van der Waals surface area contributed by atoms with Crippen LogP contribution in [-0.4, -0.2) is 30.5 Å². The standard InChI is InChI=1S/C23H22N2O3/c24-14-17-5-7-18(8-6-17)15-27-16-19-9-11-25(12-10-19)23(26)22-13-20-3-1-2-4-21(20)28-22/h1-8,13,19H,9-12,15-16H2. The summed E-state index contributed by atoms with van der Waals surface area (Å²) >= 11 is 0. The lowest BCUT2D eigenvalue weighted by Crippen LogP contribution is -2.39. The number of hydrogen-bond acceptors (Lipinski definition) is 4. The van der Waals surface area contributed by atoms with Gasteiger partial charge in [-0.3, -0.25) is 4.79 Å². The predicted molar refractivity (Wildman–Crippen MR) is 106 cm³/mol. The van der Waals surface area contributed by atoms with Crippen LogP contribution in [0.2, 0.25) is 0 Å². The highest BCUT2D eigenvalue weighted by Crippen LogP contribution is 2.23. The number of para-hydroxylation sites is 1. The second-order valence-corrected chi connectivity index (χ2v) is 7.21. The van der Waals surface area contributed by atoms with E-state index in [1.807, 2.05) is 47.4 Å². The summed E-state index contributed by atoms with van der Waals surface area (Å²) < 4.78 is 11.6. The highest BCUT2D eigenvalue weighted by molar-refractivity contribution is 5.96. The molecule has 28 heavy (non-hydrogen) atoms. The number of amides is 1. The Bertz CT molecular complexity index is 960. The van der Waals surface area contributed by atoms with Crippen molar-refractivity contribution in [2.24, 2.45) is 5.92 Å². The van der Waals surface area contributed by atoms with Gasteiger partial charge in [-0.15, -0.1) is 0 Å². The molecule has 4 rings (SSSR count). The zero-order valence-corrected chi connectivity index (χ0v) is 15.6.